The second kappa shape index (κ2) is 5.25. The van der Waals surface area contributed by atoms with Crippen LogP contribution < -0.4 is 0 Å². The number of hydrogen-bond donors (Lipinski definition) is 1. The molecule has 5 nitrogen and oxygen atoms in total. The molecule has 0 bridgehead atoms. The molecule has 0 radical (unpaired) electrons. The monoisotopic (exact) mass is 297 g/mol. The van der Waals surface area contributed by atoms with Crippen LogP contribution in [0.15, 0.2) is 28.8 Å². The van der Waals surface area contributed by atoms with Gasteiger partial charge in [-0.1, -0.05) is 17.3 Å². The molecule has 0 spiro atoms. The quantitative estimate of drug-likeness (QED) is 0.807. The van der Waals surface area contributed by atoms with Gasteiger partial charge < -0.3 is 14.2 Å². The average Bonchev–Trinajstić information content (AvgIpc) is 3.10. The number of aliphatic hydroxyl groups is 1. The molecule has 22 heavy (non-hydrogen) atoms. The Balaban J connectivity index is 1.81. The Labute approximate surface area is 128 Å². The first-order chi connectivity index (χ1) is 10.7. The van der Waals surface area contributed by atoms with E-state index in [-0.39, 0.29) is 0 Å². The number of benzene rings is 1. The standard InChI is InChI=1S/C17H19N3O2/c1-11(21)17-18-13-7-3-4-8-15(13)20(17)10-14-12-6-2-5-9-16(12)22-19-14/h3-4,7-8,11,21H,2,5-6,9-10H2,1H3. The molecule has 0 fully saturated rings. The highest BCUT2D eigenvalue weighted by molar-refractivity contribution is 5.76. The maximum absolute atomic E-state index is 10.0. The van der Waals surface area contributed by atoms with Gasteiger partial charge in [0.15, 0.2) is 0 Å². The first-order valence-electron chi connectivity index (χ1n) is 7.83. The highest BCUT2D eigenvalue weighted by atomic mass is 16.5. The molecule has 0 amide bonds. The minimum absolute atomic E-state index is 0.597. The molecular weight excluding hydrogens is 278 g/mol. The van der Waals surface area contributed by atoms with E-state index in [0.717, 1.165) is 35.3 Å². The summed E-state index contributed by atoms with van der Waals surface area (Å²) in [5.74, 6) is 1.71. The van der Waals surface area contributed by atoms with Crippen molar-refractivity contribution in [3.8, 4) is 0 Å². The molecule has 1 aliphatic carbocycles. The summed E-state index contributed by atoms with van der Waals surface area (Å²) in [5.41, 5.74) is 4.14. The van der Waals surface area contributed by atoms with Gasteiger partial charge in [0.25, 0.3) is 0 Å². The summed E-state index contributed by atoms with van der Waals surface area (Å²) in [6, 6.07) is 7.95. The van der Waals surface area contributed by atoms with Gasteiger partial charge in [-0.3, -0.25) is 0 Å². The summed E-state index contributed by atoms with van der Waals surface area (Å²) in [6.07, 6.45) is 3.76. The van der Waals surface area contributed by atoms with E-state index in [0.29, 0.717) is 12.4 Å². The summed E-state index contributed by atoms with van der Waals surface area (Å²) in [4.78, 5) is 4.56. The SMILES string of the molecule is CC(O)c1nc2ccccc2n1Cc1noc2c1CCCC2. The third-order valence-electron chi connectivity index (χ3n) is 4.40. The molecule has 3 aromatic rings. The Morgan fingerprint density at radius 1 is 1.27 bits per heavy atom. The van der Waals surface area contributed by atoms with Gasteiger partial charge in [0, 0.05) is 12.0 Å². The summed E-state index contributed by atoms with van der Waals surface area (Å²) in [6.45, 7) is 2.34. The van der Waals surface area contributed by atoms with Crippen molar-refractivity contribution in [2.24, 2.45) is 0 Å². The Morgan fingerprint density at radius 2 is 2.09 bits per heavy atom. The van der Waals surface area contributed by atoms with Gasteiger partial charge in [0.1, 0.15) is 23.4 Å². The van der Waals surface area contributed by atoms with Crippen molar-refractivity contribution in [2.75, 3.05) is 0 Å². The van der Waals surface area contributed by atoms with Gasteiger partial charge >= 0.3 is 0 Å². The molecule has 0 saturated carbocycles. The predicted octanol–water partition coefficient (Wildman–Crippen LogP) is 3.00. The highest BCUT2D eigenvalue weighted by Gasteiger charge is 2.22. The Morgan fingerprint density at radius 3 is 2.95 bits per heavy atom. The zero-order chi connectivity index (χ0) is 15.1. The first-order valence-corrected chi connectivity index (χ1v) is 7.83. The molecule has 0 saturated heterocycles. The van der Waals surface area contributed by atoms with E-state index in [9.17, 15) is 5.11 Å². The van der Waals surface area contributed by atoms with Crippen LogP contribution in [0.5, 0.6) is 0 Å². The van der Waals surface area contributed by atoms with E-state index >= 15 is 0 Å². The number of imidazole rings is 1. The number of hydrogen-bond acceptors (Lipinski definition) is 4. The zero-order valence-electron chi connectivity index (χ0n) is 12.6. The number of rotatable bonds is 3. The summed E-state index contributed by atoms with van der Waals surface area (Å²) >= 11 is 0. The Bertz CT molecular complexity index is 817. The van der Waals surface area contributed by atoms with Gasteiger partial charge in [-0.15, -0.1) is 0 Å². The third kappa shape index (κ3) is 2.13. The van der Waals surface area contributed by atoms with Crippen molar-refractivity contribution in [2.45, 2.75) is 45.3 Å². The lowest BCUT2D eigenvalue weighted by Gasteiger charge is -2.12. The summed E-state index contributed by atoms with van der Waals surface area (Å²) in [7, 11) is 0. The molecule has 1 atom stereocenters. The number of fused-ring (bicyclic) bond motifs is 2. The number of aryl methyl sites for hydroxylation is 1. The van der Waals surface area contributed by atoms with E-state index in [4.69, 9.17) is 4.52 Å². The maximum Gasteiger partial charge on any atom is 0.140 e. The van der Waals surface area contributed by atoms with Crippen LogP contribution in [0.4, 0.5) is 0 Å². The maximum atomic E-state index is 10.0. The topological polar surface area (TPSA) is 64.1 Å². The van der Waals surface area contributed by atoms with Crippen molar-refractivity contribution in [1.82, 2.24) is 14.7 Å². The van der Waals surface area contributed by atoms with Crippen molar-refractivity contribution >= 4 is 11.0 Å². The molecule has 4 rings (SSSR count). The number of para-hydroxylation sites is 2. The van der Waals surface area contributed by atoms with Gasteiger partial charge in [0.05, 0.1) is 17.6 Å². The molecule has 1 aliphatic rings. The number of aromatic nitrogens is 3. The van der Waals surface area contributed by atoms with Crippen LogP contribution in [0, 0.1) is 0 Å². The van der Waals surface area contributed by atoms with Crippen LogP contribution in [-0.2, 0) is 19.4 Å². The number of nitrogens with zero attached hydrogens (tertiary/aromatic N) is 3. The minimum atomic E-state index is -0.616. The third-order valence-corrected chi connectivity index (χ3v) is 4.40. The molecule has 1 aromatic carbocycles. The second-order valence-electron chi connectivity index (χ2n) is 5.96. The van der Waals surface area contributed by atoms with Crippen LogP contribution in [0.2, 0.25) is 0 Å². The normalized spacial score (nSPS) is 15.9. The Kier molecular flexibility index (Phi) is 3.22. The molecule has 1 N–H and O–H groups in total. The van der Waals surface area contributed by atoms with Crippen LogP contribution in [-0.4, -0.2) is 19.8 Å². The number of aliphatic hydroxyl groups excluding tert-OH is 1. The predicted molar refractivity (Wildman–Crippen MR) is 82.6 cm³/mol. The lowest BCUT2D eigenvalue weighted by atomic mass is 9.96. The van der Waals surface area contributed by atoms with Crippen molar-refractivity contribution in [3.63, 3.8) is 0 Å². The smallest absolute Gasteiger partial charge is 0.140 e. The zero-order valence-corrected chi connectivity index (χ0v) is 12.6. The highest BCUT2D eigenvalue weighted by Crippen LogP contribution is 2.27. The van der Waals surface area contributed by atoms with Crippen LogP contribution in [0.25, 0.3) is 11.0 Å². The lowest BCUT2D eigenvalue weighted by Crippen LogP contribution is -2.10. The van der Waals surface area contributed by atoms with Crippen LogP contribution in [0.3, 0.4) is 0 Å². The van der Waals surface area contributed by atoms with Gasteiger partial charge in [-0.25, -0.2) is 4.98 Å². The van der Waals surface area contributed by atoms with Gasteiger partial charge in [-0.2, -0.15) is 0 Å². The second-order valence-corrected chi connectivity index (χ2v) is 5.96. The lowest BCUT2D eigenvalue weighted by molar-refractivity contribution is 0.185. The van der Waals surface area contributed by atoms with Gasteiger partial charge in [0.2, 0.25) is 0 Å². The summed E-state index contributed by atoms with van der Waals surface area (Å²) < 4.78 is 7.55. The van der Waals surface area contributed by atoms with Crippen LogP contribution >= 0.6 is 0 Å². The van der Waals surface area contributed by atoms with E-state index in [1.54, 1.807) is 6.92 Å². The molecule has 5 heteroatoms. The fourth-order valence-corrected chi connectivity index (χ4v) is 3.30. The molecule has 2 aromatic heterocycles. The Hall–Kier alpha value is -2.14. The van der Waals surface area contributed by atoms with Crippen molar-refractivity contribution < 1.29 is 9.63 Å². The molecule has 0 aliphatic heterocycles. The van der Waals surface area contributed by atoms with Crippen LogP contribution in [0.1, 0.15) is 48.7 Å². The van der Waals surface area contributed by atoms with E-state index in [1.165, 1.54) is 18.4 Å². The fourth-order valence-electron chi connectivity index (χ4n) is 3.30. The molecule has 1 unspecified atom stereocenters. The molecular formula is C17H19N3O2. The molecule has 2 heterocycles. The van der Waals surface area contributed by atoms with Gasteiger partial charge in [-0.05, 0) is 38.3 Å². The fraction of sp³-hybridized carbons (Fsp3) is 0.412. The summed E-state index contributed by atoms with van der Waals surface area (Å²) in [5, 5.41) is 14.3. The average molecular weight is 297 g/mol. The minimum Gasteiger partial charge on any atom is -0.385 e. The first kappa shape index (κ1) is 13.5. The largest absolute Gasteiger partial charge is 0.385 e. The molecule has 114 valence electrons. The van der Waals surface area contributed by atoms with Crippen molar-refractivity contribution in [3.05, 3.63) is 47.1 Å². The van der Waals surface area contributed by atoms with E-state index in [2.05, 4.69) is 10.1 Å². The van der Waals surface area contributed by atoms with Crippen molar-refractivity contribution in [1.29, 1.82) is 0 Å². The van der Waals surface area contributed by atoms with E-state index in [1.807, 2.05) is 28.8 Å². The van der Waals surface area contributed by atoms with E-state index < -0.39 is 6.10 Å².